The summed E-state index contributed by atoms with van der Waals surface area (Å²) in [5.74, 6) is -0.387. The fourth-order valence-electron chi connectivity index (χ4n) is 2.78. The summed E-state index contributed by atoms with van der Waals surface area (Å²) < 4.78 is 41.6. The molecule has 0 spiro atoms. The van der Waals surface area contributed by atoms with Crippen molar-refractivity contribution in [1.29, 1.82) is 0 Å². The molecule has 1 amide bonds. The van der Waals surface area contributed by atoms with Crippen molar-refractivity contribution in [2.45, 2.75) is 20.0 Å². The van der Waals surface area contributed by atoms with Gasteiger partial charge in [0.05, 0.1) is 11.3 Å². The number of alkyl halides is 3. The maximum Gasteiger partial charge on any atom is 0.416 e. The molecule has 0 radical (unpaired) electrons. The predicted molar refractivity (Wildman–Crippen MR) is 126 cm³/mol. The van der Waals surface area contributed by atoms with Crippen LogP contribution in [-0.2, 0) is 6.18 Å². The molecule has 0 aliphatic rings. The molecule has 150 valence electrons. The summed E-state index contributed by atoms with van der Waals surface area (Å²) in [5, 5.41) is 0. The number of hydrogen-bond acceptors (Lipinski definition) is 1. The fraction of sp³-hybridized carbons (Fsp3) is 0.136. The number of carbonyl (C=O) groups excluding carboxylic acids is 1. The fourth-order valence-corrected chi connectivity index (χ4v) is 3.79. The predicted octanol–water partition coefficient (Wildman–Crippen LogP) is 7.51. The molecule has 0 bridgehead atoms. The minimum Gasteiger partial charge on any atom is -0.277 e. The van der Waals surface area contributed by atoms with Gasteiger partial charge in [0.15, 0.2) is 0 Å². The van der Waals surface area contributed by atoms with Gasteiger partial charge in [0.2, 0.25) is 0 Å². The van der Waals surface area contributed by atoms with E-state index in [1.165, 1.54) is 17.0 Å². The Bertz CT molecular complexity index is 1080. The summed E-state index contributed by atoms with van der Waals surface area (Å²) in [6, 6.07) is 15.5. The number of nitrogens with zero attached hydrogens (tertiary/aromatic N) is 1. The van der Waals surface area contributed by atoms with Crippen LogP contribution in [0.5, 0.6) is 0 Å². The molecule has 3 aromatic carbocycles. The molecule has 0 unspecified atom stereocenters. The van der Waals surface area contributed by atoms with E-state index in [-0.39, 0.29) is 11.6 Å². The number of rotatable bonds is 3. The van der Waals surface area contributed by atoms with E-state index in [1.54, 1.807) is 24.3 Å². The van der Waals surface area contributed by atoms with Crippen molar-refractivity contribution in [1.82, 2.24) is 0 Å². The number of benzene rings is 3. The molecular formula is C22H16F3I2NO. The van der Waals surface area contributed by atoms with Crippen LogP contribution in [0.4, 0.5) is 24.5 Å². The summed E-state index contributed by atoms with van der Waals surface area (Å²) in [7, 11) is 0. The van der Waals surface area contributed by atoms with Crippen LogP contribution in [0.15, 0.2) is 60.7 Å². The van der Waals surface area contributed by atoms with Gasteiger partial charge in [-0.3, -0.25) is 9.69 Å². The Hall–Kier alpha value is -1.62. The number of aryl methyl sites for hydroxylation is 2. The van der Waals surface area contributed by atoms with Crippen LogP contribution in [0, 0.1) is 21.0 Å². The highest BCUT2D eigenvalue weighted by molar-refractivity contribution is 14.1. The van der Waals surface area contributed by atoms with Crippen LogP contribution >= 0.6 is 45.2 Å². The molecular weight excluding hydrogens is 605 g/mol. The molecule has 3 aromatic rings. The maximum atomic E-state index is 13.4. The van der Waals surface area contributed by atoms with E-state index in [9.17, 15) is 18.0 Å². The third-order valence-corrected chi connectivity index (χ3v) is 6.79. The topological polar surface area (TPSA) is 20.3 Å². The molecule has 0 atom stereocenters. The molecule has 2 nitrogen and oxygen atoms in total. The molecule has 0 aromatic heterocycles. The van der Waals surface area contributed by atoms with Gasteiger partial charge >= 0.3 is 6.18 Å². The van der Waals surface area contributed by atoms with Gasteiger partial charge in [-0.15, -0.1) is 0 Å². The zero-order chi connectivity index (χ0) is 21.3. The Morgan fingerprint density at radius 1 is 0.828 bits per heavy atom. The summed E-state index contributed by atoms with van der Waals surface area (Å²) in [6.07, 6.45) is -4.49. The molecule has 0 saturated carbocycles. The van der Waals surface area contributed by atoms with Gasteiger partial charge in [-0.1, -0.05) is 18.2 Å². The Balaban J connectivity index is 2.17. The molecule has 3 rings (SSSR count). The molecule has 0 aliphatic heterocycles. The Kier molecular flexibility index (Phi) is 6.57. The first-order valence-corrected chi connectivity index (χ1v) is 10.8. The standard InChI is InChI=1S/C22H16F3I2NO/c1-13-6-8-15(10-19(13)26)21(29)28(18-9-7-14(2)20(27)12-18)17-5-3-4-16(11-17)22(23,24)25/h3-12H,1-2H3. The van der Waals surface area contributed by atoms with Gasteiger partial charge < -0.3 is 0 Å². The van der Waals surface area contributed by atoms with Crippen molar-refractivity contribution in [3.05, 3.63) is 90.1 Å². The summed E-state index contributed by atoms with van der Waals surface area (Å²) in [5.41, 5.74) is 2.34. The Morgan fingerprint density at radius 3 is 2.00 bits per heavy atom. The SMILES string of the molecule is Cc1ccc(C(=O)N(c2cccc(C(F)(F)F)c2)c2ccc(C)c(I)c2)cc1I. The summed E-state index contributed by atoms with van der Waals surface area (Å²) in [4.78, 5) is 14.7. The third kappa shape index (κ3) is 4.93. The molecule has 0 fully saturated rings. The van der Waals surface area contributed by atoms with Crippen molar-refractivity contribution in [2.75, 3.05) is 4.90 Å². The monoisotopic (exact) mass is 621 g/mol. The van der Waals surface area contributed by atoms with E-state index in [4.69, 9.17) is 0 Å². The number of carbonyl (C=O) groups is 1. The van der Waals surface area contributed by atoms with Crippen molar-refractivity contribution in [3.8, 4) is 0 Å². The quantitative estimate of drug-likeness (QED) is 0.278. The minimum absolute atomic E-state index is 0.167. The highest BCUT2D eigenvalue weighted by Gasteiger charge is 2.31. The van der Waals surface area contributed by atoms with Crippen LogP contribution in [0.3, 0.4) is 0 Å². The first-order chi connectivity index (χ1) is 13.6. The van der Waals surface area contributed by atoms with Gasteiger partial charge in [-0.05, 0) is 113 Å². The first-order valence-electron chi connectivity index (χ1n) is 8.62. The van der Waals surface area contributed by atoms with E-state index in [1.807, 2.05) is 26.0 Å². The molecule has 0 heterocycles. The average Bonchev–Trinajstić information content (AvgIpc) is 2.66. The van der Waals surface area contributed by atoms with Gasteiger partial charge in [0.25, 0.3) is 5.91 Å². The summed E-state index contributed by atoms with van der Waals surface area (Å²) in [6.45, 7) is 3.87. The number of halogens is 5. The van der Waals surface area contributed by atoms with Gasteiger partial charge in [-0.25, -0.2) is 0 Å². The number of amides is 1. The van der Waals surface area contributed by atoms with Gasteiger partial charge in [0, 0.05) is 18.4 Å². The zero-order valence-electron chi connectivity index (χ0n) is 15.5. The van der Waals surface area contributed by atoms with Crippen LogP contribution in [0.2, 0.25) is 0 Å². The lowest BCUT2D eigenvalue weighted by molar-refractivity contribution is -0.137. The highest BCUT2D eigenvalue weighted by Crippen LogP contribution is 2.35. The largest absolute Gasteiger partial charge is 0.416 e. The maximum absolute atomic E-state index is 13.4. The highest BCUT2D eigenvalue weighted by atomic mass is 127. The zero-order valence-corrected chi connectivity index (χ0v) is 19.8. The number of hydrogen-bond donors (Lipinski definition) is 0. The number of anilines is 2. The van der Waals surface area contributed by atoms with Crippen molar-refractivity contribution < 1.29 is 18.0 Å². The molecule has 7 heteroatoms. The van der Waals surface area contributed by atoms with E-state index in [0.717, 1.165) is 30.4 Å². The second kappa shape index (κ2) is 8.63. The van der Waals surface area contributed by atoms with E-state index in [2.05, 4.69) is 45.2 Å². The minimum atomic E-state index is -4.49. The van der Waals surface area contributed by atoms with Crippen molar-refractivity contribution in [3.63, 3.8) is 0 Å². The van der Waals surface area contributed by atoms with Crippen LogP contribution in [0.25, 0.3) is 0 Å². The summed E-state index contributed by atoms with van der Waals surface area (Å²) >= 11 is 4.29. The van der Waals surface area contributed by atoms with E-state index < -0.39 is 11.7 Å². The Labute approximate surface area is 194 Å². The average molecular weight is 621 g/mol. The molecule has 29 heavy (non-hydrogen) atoms. The molecule has 0 saturated heterocycles. The lowest BCUT2D eigenvalue weighted by Crippen LogP contribution is -2.26. The lowest BCUT2D eigenvalue weighted by atomic mass is 10.1. The van der Waals surface area contributed by atoms with Crippen molar-refractivity contribution in [2.24, 2.45) is 0 Å². The van der Waals surface area contributed by atoms with E-state index >= 15 is 0 Å². The third-order valence-electron chi connectivity index (χ3n) is 4.47. The van der Waals surface area contributed by atoms with E-state index in [0.29, 0.717) is 11.3 Å². The van der Waals surface area contributed by atoms with Gasteiger partial charge in [0.1, 0.15) is 0 Å². The molecule has 0 aliphatic carbocycles. The van der Waals surface area contributed by atoms with Crippen LogP contribution in [-0.4, -0.2) is 5.91 Å². The van der Waals surface area contributed by atoms with Gasteiger partial charge in [-0.2, -0.15) is 13.2 Å². The smallest absolute Gasteiger partial charge is 0.277 e. The second-order valence-corrected chi connectivity index (χ2v) is 8.91. The lowest BCUT2D eigenvalue weighted by Gasteiger charge is -2.25. The normalized spacial score (nSPS) is 11.4. The van der Waals surface area contributed by atoms with Crippen molar-refractivity contribution >= 4 is 62.5 Å². The van der Waals surface area contributed by atoms with Crippen LogP contribution < -0.4 is 4.90 Å². The molecule has 0 N–H and O–H groups in total. The Morgan fingerprint density at radius 2 is 1.41 bits per heavy atom. The first kappa shape index (κ1) is 22.1. The van der Waals surface area contributed by atoms with Crippen LogP contribution in [0.1, 0.15) is 27.0 Å². The second-order valence-electron chi connectivity index (χ2n) is 6.59.